The predicted molar refractivity (Wildman–Crippen MR) is 129 cm³/mol. The third-order valence-electron chi connectivity index (χ3n) is 6.14. The van der Waals surface area contributed by atoms with Gasteiger partial charge in [0.05, 0.1) is 23.1 Å². The number of non-ortho nitro benzene ring substituents is 1. The zero-order chi connectivity index (χ0) is 25.8. The zero-order valence-corrected chi connectivity index (χ0v) is 20.3. The first kappa shape index (κ1) is 25.0. The fourth-order valence-electron chi connectivity index (χ4n) is 4.05. The number of nitrogens with zero attached hydrogens (tertiary/aromatic N) is 5. The van der Waals surface area contributed by atoms with E-state index in [4.69, 9.17) is 9.26 Å². The lowest BCUT2D eigenvalue weighted by Gasteiger charge is -2.36. The first-order chi connectivity index (χ1) is 17.3. The summed E-state index contributed by atoms with van der Waals surface area (Å²) in [5.41, 5.74) is 1.73. The number of hydrogen-bond acceptors (Lipinski definition) is 9. The van der Waals surface area contributed by atoms with Gasteiger partial charge in [-0.3, -0.25) is 19.8 Å². The smallest absolute Gasteiger partial charge is 0.338 e. The molecule has 0 N–H and O–H groups in total. The number of nitro benzene ring substituents is 1. The summed E-state index contributed by atoms with van der Waals surface area (Å²) in [5, 5.41) is 15.4. The molecule has 1 saturated heterocycles. The summed E-state index contributed by atoms with van der Waals surface area (Å²) in [7, 11) is 0. The predicted octanol–water partition coefficient (Wildman–Crippen LogP) is 3.65. The third kappa shape index (κ3) is 5.41. The van der Waals surface area contributed by atoms with Crippen LogP contribution < -0.4 is 0 Å². The number of ether oxygens (including phenoxy) is 1. The minimum absolute atomic E-state index is 0.0255. The van der Waals surface area contributed by atoms with Crippen molar-refractivity contribution in [1.29, 1.82) is 0 Å². The summed E-state index contributed by atoms with van der Waals surface area (Å²) in [5.74, 6) is -0.0775. The van der Waals surface area contributed by atoms with E-state index in [1.54, 1.807) is 11.8 Å². The van der Waals surface area contributed by atoms with Crippen molar-refractivity contribution in [3.8, 4) is 11.4 Å². The minimum Gasteiger partial charge on any atom is -0.462 e. The molecule has 1 amide bonds. The Morgan fingerprint density at radius 1 is 1.11 bits per heavy atom. The van der Waals surface area contributed by atoms with Crippen LogP contribution in [0, 0.1) is 17.0 Å². The van der Waals surface area contributed by atoms with Gasteiger partial charge in [-0.1, -0.05) is 35.0 Å². The van der Waals surface area contributed by atoms with Crippen LogP contribution in [-0.2, 0) is 4.74 Å². The standard InChI is InChI=1S/C25H27N5O6/c1-4-35-25(32)20-13-19(14-21(15-20)30(33)34)24(31)29-11-9-28(10-12-29)17(3)23-26-22(27-36-23)18-7-5-16(2)6-8-18/h5-8,13-15,17H,4,9-12H2,1-3H3. The Kier molecular flexibility index (Phi) is 7.39. The Labute approximate surface area is 207 Å². The number of piperazine rings is 1. The van der Waals surface area contributed by atoms with Gasteiger partial charge in [-0.25, -0.2) is 4.79 Å². The van der Waals surface area contributed by atoms with Crippen LogP contribution in [0.4, 0.5) is 5.69 Å². The van der Waals surface area contributed by atoms with Crippen molar-refractivity contribution in [3.05, 3.63) is 75.2 Å². The van der Waals surface area contributed by atoms with E-state index in [1.165, 1.54) is 12.1 Å². The number of hydrogen-bond donors (Lipinski definition) is 0. The first-order valence-electron chi connectivity index (χ1n) is 11.7. The van der Waals surface area contributed by atoms with Crippen LogP contribution in [0.3, 0.4) is 0 Å². The van der Waals surface area contributed by atoms with Crippen molar-refractivity contribution in [2.75, 3.05) is 32.8 Å². The van der Waals surface area contributed by atoms with Crippen LogP contribution in [0.5, 0.6) is 0 Å². The van der Waals surface area contributed by atoms with Crippen LogP contribution in [0.1, 0.15) is 52.1 Å². The van der Waals surface area contributed by atoms with Gasteiger partial charge in [-0.05, 0) is 26.8 Å². The first-order valence-corrected chi connectivity index (χ1v) is 11.7. The van der Waals surface area contributed by atoms with Gasteiger partial charge >= 0.3 is 5.97 Å². The highest BCUT2D eigenvalue weighted by atomic mass is 16.6. The molecular formula is C25H27N5O6. The fourth-order valence-corrected chi connectivity index (χ4v) is 4.05. The van der Waals surface area contributed by atoms with Crippen molar-refractivity contribution in [2.24, 2.45) is 0 Å². The molecule has 2 aromatic carbocycles. The van der Waals surface area contributed by atoms with E-state index in [0.717, 1.165) is 17.2 Å². The van der Waals surface area contributed by atoms with Gasteiger partial charge in [0.15, 0.2) is 0 Å². The largest absolute Gasteiger partial charge is 0.462 e. The van der Waals surface area contributed by atoms with E-state index in [1.807, 2.05) is 38.1 Å². The Morgan fingerprint density at radius 2 is 1.78 bits per heavy atom. The monoisotopic (exact) mass is 493 g/mol. The molecule has 11 heteroatoms. The van der Waals surface area contributed by atoms with Crippen LogP contribution in [0.2, 0.25) is 0 Å². The lowest BCUT2D eigenvalue weighted by atomic mass is 10.1. The van der Waals surface area contributed by atoms with E-state index < -0.39 is 10.9 Å². The number of aromatic nitrogens is 2. The molecule has 1 fully saturated rings. The van der Waals surface area contributed by atoms with Crippen LogP contribution in [0.15, 0.2) is 47.0 Å². The Morgan fingerprint density at radius 3 is 2.42 bits per heavy atom. The maximum Gasteiger partial charge on any atom is 0.338 e. The molecule has 1 unspecified atom stereocenters. The normalized spacial score (nSPS) is 14.9. The molecule has 0 radical (unpaired) electrons. The quantitative estimate of drug-likeness (QED) is 0.275. The van der Waals surface area contributed by atoms with Gasteiger partial charge in [-0.15, -0.1) is 0 Å². The van der Waals surface area contributed by atoms with Gasteiger partial charge in [0.1, 0.15) is 0 Å². The number of benzene rings is 2. The van der Waals surface area contributed by atoms with Crippen molar-refractivity contribution in [1.82, 2.24) is 19.9 Å². The van der Waals surface area contributed by atoms with Crippen molar-refractivity contribution in [3.63, 3.8) is 0 Å². The van der Waals surface area contributed by atoms with Crippen LogP contribution >= 0.6 is 0 Å². The number of esters is 1. The number of carbonyl (C=O) groups excluding carboxylic acids is 2. The summed E-state index contributed by atoms with van der Waals surface area (Å²) in [6.45, 7) is 7.64. The van der Waals surface area contributed by atoms with Gasteiger partial charge in [0.2, 0.25) is 11.7 Å². The SMILES string of the molecule is CCOC(=O)c1cc(C(=O)N2CCN(C(C)c3nc(-c4ccc(C)cc4)no3)CC2)cc([N+](=O)[O-])c1. The maximum atomic E-state index is 13.1. The summed E-state index contributed by atoms with van der Waals surface area (Å²) in [4.78, 5) is 44.3. The third-order valence-corrected chi connectivity index (χ3v) is 6.14. The average Bonchev–Trinajstić information content (AvgIpc) is 3.38. The second kappa shape index (κ2) is 10.6. The molecule has 4 rings (SSSR count). The molecular weight excluding hydrogens is 466 g/mol. The maximum absolute atomic E-state index is 13.1. The number of nitro groups is 1. The van der Waals surface area contributed by atoms with Gasteiger partial charge in [-0.2, -0.15) is 4.98 Å². The van der Waals surface area contributed by atoms with E-state index in [0.29, 0.717) is 37.9 Å². The highest BCUT2D eigenvalue weighted by molar-refractivity contribution is 5.99. The molecule has 0 bridgehead atoms. The Hall–Kier alpha value is -4.12. The van der Waals surface area contributed by atoms with Crippen molar-refractivity contribution < 1.29 is 23.8 Å². The van der Waals surface area contributed by atoms with Gasteiger partial charge in [0.25, 0.3) is 11.6 Å². The Bertz CT molecular complexity index is 1260. The Balaban J connectivity index is 1.43. The average molecular weight is 494 g/mol. The molecule has 1 aliphatic heterocycles. The minimum atomic E-state index is -0.710. The lowest BCUT2D eigenvalue weighted by Crippen LogP contribution is -2.49. The van der Waals surface area contributed by atoms with Crippen LogP contribution in [0.25, 0.3) is 11.4 Å². The molecule has 36 heavy (non-hydrogen) atoms. The number of aryl methyl sites for hydroxylation is 1. The molecule has 1 aromatic heterocycles. The number of amides is 1. The molecule has 188 valence electrons. The van der Waals surface area contributed by atoms with E-state index in [2.05, 4.69) is 15.0 Å². The van der Waals surface area contributed by atoms with Gasteiger partial charge < -0.3 is 14.2 Å². The molecule has 0 saturated carbocycles. The molecule has 11 nitrogen and oxygen atoms in total. The summed E-state index contributed by atoms with van der Waals surface area (Å²) < 4.78 is 10.5. The molecule has 1 atom stereocenters. The number of carbonyl (C=O) groups is 2. The second-order valence-corrected chi connectivity index (χ2v) is 8.57. The summed E-state index contributed by atoms with van der Waals surface area (Å²) in [6, 6.07) is 11.4. The van der Waals surface area contributed by atoms with E-state index in [-0.39, 0.29) is 35.4 Å². The molecule has 1 aliphatic rings. The highest BCUT2D eigenvalue weighted by Gasteiger charge is 2.29. The summed E-state index contributed by atoms with van der Waals surface area (Å²) in [6.07, 6.45) is 0. The number of rotatable bonds is 7. The molecule has 2 heterocycles. The van der Waals surface area contributed by atoms with E-state index in [9.17, 15) is 19.7 Å². The van der Waals surface area contributed by atoms with Crippen molar-refractivity contribution in [2.45, 2.75) is 26.8 Å². The summed E-state index contributed by atoms with van der Waals surface area (Å²) >= 11 is 0. The molecule has 0 aliphatic carbocycles. The lowest BCUT2D eigenvalue weighted by molar-refractivity contribution is -0.384. The highest BCUT2D eigenvalue weighted by Crippen LogP contribution is 2.25. The zero-order valence-electron chi connectivity index (χ0n) is 20.3. The topological polar surface area (TPSA) is 132 Å². The molecule has 3 aromatic rings. The van der Waals surface area contributed by atoms with E-state index >= 15 is 0 Å². The second-order valence-electron chi connectivity index (χ2n) is 8.57. The molecule has 0 spiro atoms. The van der Waals surface area contributed by atoms with Gasteiger partial charge in [0, 0.05) is 49.4 Å². The van der Waals surface area contributed by atoms with Crippen molar-refractivity contribution >= 4 is 17.6 Å². The fraction of sp³-hybridized carbons (Fsp3) is 0.360. The van der Waals surface area contributed by atoms with Crippen LogP contribution in [-0.4, -0.2) is 69.5 Å².